The van der Waals surface area contributed by atoms with E-state index < -0.39 is 192 Å². The van der Waals surface area contributed by atoms with E-state index in [9.17, 15) is 27.6 Å². The summed E-state index contributed by atoms with van der Waals surface area (Å²) in [6.45, 7) is 9.98. The van der Waals surface area contributed by atoms with Gasteiger partial charge in [0.05, 0.1) is 43.7 Å². The summed E-state index contributed by atoms with van der Waals surface area (Å²) in [5, 5.41) is 5.92. The highest BCUT2D eigenvalue weighted by molar-refractivity contribution is 6.01. The van der Waals surface area contributed by atoms with Crippen LogP contribution in [0.2, 0.25) is 0 Å². The summed E-state index contributed by atoms with van der Waals surface area (Å²) in [6.07, 6.45) is 7.19. The van der Waals surface area contributed by atoms with Crippen molar-refractivity contribution in [1.29, 1.82) is 0 Å². The molecule has 0 aromatic carbocycles. The van der Waals surface area contributed by atoms with E-state index in [-0.39, 0.29) is 95.7 Å². The average molecular weight is 1550 g/mol. The number of rotatable bonds is 10. The maximum absolute atomic E-state index is 16.1. The Morgan fingerprint density at radius 1 is 0.618 bits per heavy atom. The molecular weight excluding hydrogens is 1420 g/mol. The number of nitrogens with zero attached hydrogens (tertiary/aromatic N) is 10. The summed E-state index contributed by atoms with van der Waals surface area (Å²) >= 11 is 0. The van der Waals surface area contributed by atoms with E-state index in [0.29, 0.717) is 44.4 Å². The molecule has 0 radical (unpaired) electrons. The molecule has 6 saturated heterocycles. The molecule has 12 amide bonds. The fraction of sp³-hybridized carbons (Fsp3) is 0.827. The first-order valence-corrected chi connectivity index (χ1v) is 40.9. The summed E-state index contributed by atoms with van der Waals surface area (Å²) in [6, 6.07) is -10.1. The molecular formula is C81H131F3N12O14. The van der Waals surface area contributed by atoms with Gasteiger partial charge in [-0.15, -0.1) is 0 Å². The molecule has 1 spiro atoms. The van der Waals surface area contributed by atoms with Crippen molar-refractivity contribution < 1.29 is 80.2 Å². The molecule has 2 N–H and O–H groups in total. The van der Waals surface area contributed by atoms with E-state index in [2.05, 4.69) is 10.6 Å². The highest BCUT2D eigenvalue weighted by atomic mass is 19.4. The zero-order valence-corrected chi connectivity index (χ0v) is 68.7. The SMILES string of the molecule is CC[C@H](C)[C@@H]1NC(=O)[C@@H]2CCCCCCC3CCC(CC3)C[C@@H](C(=O)N(C)CC(=O)N[C@@H](CCC3CCC(C(F)(F)F)C(OC)C3)C(=O)N3C[C@H](OC(C)C)C[C@H]3C(=O)N(C)C3(CC(C)(C)C3)C(=O)N(C)[C@@H](C3CCCC3)C(=O)N(C)[C@H](C(=O)N(C)C)CC(=O)N2C)N2CC/C=C\C[C@@H](C2=O)N(C)C(=O)CN(C)C1=O. The predicted octanol–water partition coefficient (Wildman–Crippen LogP) is 7.19. The van der Waals surface area contributed by atoms with Gasteiger partial charge in [0.25, 0.3) is 0 Å². The van der Waals surface area contributed by atoms with E-state index >= 15 is 43.2 Å². The van der Waals surface area contributed by atoms with Gasteiger partial charge >= 0.3 is 6.18 Å². The number of likely N-dealkylation sites (N-methyl/N-ethyl adjacent to an activating group) is 8. The Kier molecular flexibility index (Phi) is 30.8. The van der Waals surface area contributed by atoms with Crippen molar-refractivity contribution in [3.05, 3.63) is 12.2 Å². The lowest BCUT2D eigenvalue weighted by Gasteiger charge is -2.58. The second-order valence-electron chi connectivity index (χ2n) is 35.1. The van der Waals surface area contributed by atoms with Crippen LogP contribution in [0.5, 0.6) is 0 Å². The molecule has 11 aliphatic rings. The quantitative estimate of drug-likeness (QED) is 0.205. The molecule has 6 bridgehead atoms. The number of methoxy groups -OCH3 is 1. The van der Waals surface area contributed by atoms with Crippen molar-refractivity contribution in [1.82, 2.24) is 59.6 Å². The van der Waals surface area contributed by atoms with Crippen molar-refractivity contribution in [3.63, 3.8) is 0 Å². The summed E-state index contributed by atoms with van der Waals surface area (Å²) in [7, 11) is 14.5. The van der Waals surface area contributed by atoms with Crippen molar-refractivity contribution in [2.24, 2.45) is 40.9 Å². The smallest absolute Gasteiger partial charge is 0.381 e. The average Bonchev–Trinajstić information content (AvgIpc) is 0.978. The molecule has 3 unspecified atom stereocenters. The zero-order valence-electron chi connectivity index (χ0n) is 68.7. The maximum atomic E-state index is 16.1. The highest BCUT2D eigenvalue weighted by Gasteiger charge is 2.62. The molecule has 620 valence electrons. The van der Waals surface area contributed by atoms with Gasteiger partial charge in [0, 0.05) is 90.0 Å². The standard InChI is InChI=1S/C81H131F3N12O14/c1-17-51(4)68-76(106)89(10)47-67(99)91(12)60-31-23-20-26-40-95(75(60)105)62-41-53-34-32-52(33-35-53)27-21-18-19-22-30-59(70(100)86-68)90(11)66(98)44-61(72(102)87(7)8)92(13)77(107)69(55-28-24-25-29-55)93(14)78(108)80(48-79(5,6)49-80)94(15)74(104)63-43-56(110-50(2)3)45-96(63)71(101)58(85-65(97)46-88(9)73(62)103)39-37-54-36-38-57(81(82,83)84)64(42-54)109-16/h20,23,50-64,68-69H,17-19,21-22,24-49H2,1-16H3,(H,85,97)(H,86,100)/b23-20-/t51-,52?,53?,54?,56+,57?,58-,59-,60-,61-,62-,63-,64?,68-,69-/m0/s1. The van der Waals surface area contributed by atoms with Crippen LogP contribution in [0.4, 0.5) is 13.2 Å². The van der Waals surface area contributed by atoms with Gasteiger partial charge in [-0.1, -0.05) is 117 Å². The Bertz CT molecular complexity index is 3300. The fourth-order valence-corrected chi connectivity index (χ4v) is 19.3. The van der Waals surface area contributed by atoms with Crippen molar-refractivity contribution >= 4 is 70.9 Å². The number of alkyl halides is 3. The minimum absolute atomic E-state index is 0.0127. The minimum atomic E-state index is -4.52. The molecule has 7 heterocycles. The number of carbonyl (C=O) groups is 12. The lowest BCUT2D eigenvalue weighted by Crippen LogP contribution is -2.71. The first-order valence-electron chi connectivity index (χ1n) is 40.9. The van der Waals surface area contributed by atoms with Gasteiger partial charge in [0.1, 0.15) is 53.9 Å². The first kappa shape index (κ1) is 88.7. The van der Waals surface area contributed by atoms with E-state index in [1.807, 2.05) is 40.7 Å². The molecule has 29 heteroatoms. The largest absolute Gasteiger partial charge is 0.394 e. The Labute approximate surface area is 651 Å². The van der Waals surface area contributed by atoms with Crippen LogP contribution in [0, 0.1) is 40.9 Å². The lowest BCUT2D eigenvalue weighted by molar-refractivity contribution is -0.215. The van der Waals surface area contributed by atoms with Gasteiger partial charge in [0.2, 0.25) is 70.9 Å². The van der Waals surface area contributed by atoms with Gasteiger partial charge in [-0.3, -0.25) is 57.5 Å². The summed E-state index contributed by atoms with van der Waals surface area (Å²) in [5.41, 5.74) is -2.14. The highest BCUT2D eigenvalue weighted by Crippen LogP contribution is 2.53. The van der Waals surface area contributed by atoms with Crippen LogP contribution in [0.3, 0.4) is 0 Å². The third-order valence-electron chi connectivity index (χ3n) is 26.0. The summed E-state index contributed by atoms with van der Waals surface area (Å²) in [5.74, 6) is -10.2. The number of carbonyl (C=O) groups excluding carboxylic acids is 12. The van der Waals surface area contributed by atoms with Crippen LogP contribution in [0.15, 0.2) is 12.2 Å². The number of hydrogen-bond acceptors (Lipinski definition) is 14. The van der Waals surface area contributed by atoms with Crippen LogP contribution >= 0.6 is 0 Å². The van der Waals surface area contributed by atoms with Gasteiger partial charge < -0.3 is 69.1 Å². The molecule has 0 aromatic heterocycles. The third-order valence-corrected chi connectivity index (χ3v) is 26.0. The van der Waals surface area contributed by atoms with Crippen LogP contribution in [-0.2, 0) is 67.0 Å². The normalized spacial score (nSPS) is 32.3. The molecule has 13 atom stereocenters. The lowest BCUT2D eigenvalue weighted by atomic mass is 9.57. The van der Waals surface area contributed by atoms with Gasteiger partial charge in [-0.25, -0.2) is 0 Å². The first-order chi connectivity index (χ1) is 51.7. The number of halogens is 3. The fourth-order valence-electron chi connectivity index (χ4n) is 19.3. The molecule has 11 rings (SSSR count). The molecule has 4 aliphatic carbocycles. The maximum Gasteiger partial charge on any atom is 0.394 e. The number of hydrogen-bond donors (Lipinski definition) is 2. The van der Waals surface area contributed by atoms with Crippen molar-refractivity contribution in [2.75, 3.05) is 96.7 Å². The monoisotopic (exact) mass is 1550 g/mol. The topological polar surface area (TPSA) is 280 Å². The zero-order chi connectivity index (χ0) is 81.2. The predicted molar refractivity (Wildman–Crippen MR) is 407 cm³/mol. The number of ether oxygens (including phenoxy) is 2. The molecule has 4 saturated carbocycles. The van der Waals surface area contributed by atoms with Crippen LogP contribution in [0.1, 0.15) is 215 Å². The van der Waals surface area contributed by atoms with Gasteiger partial charge in [-0.2, -0.15) is 13.2 Å². The van der Waals surface area contributed by atoms with Crippen molar-refractivity contribution in [3.8, 4) is 0 Å². The van der Waals surface area contributed by atoms with E-state index in [1.165, 1.54) is 120 Å². The Hall–Kier alpha value is -6.91. The summed E-state index contributed by atoms with van der Waals surface area (Å²) in [4.78, 5) is 199. The molecule has 10 fully saturated rings. The van der Waals surface area contributed by atoms with Gasteiger partial charge in [0.15, 0.2) is 0 Å². The van der Waals surface area contributed by atoms with Crippen LogP contribution in [0.25, 0.3) is 0 Å². The van der Waals surface area contributed by atoms with Crippen molar-refractivity contribution in [2.45, 2.75) is 293 Å². The Morgan fingerprint density at radius 3 is 1.84 bits per heavy atom. The number of amides is 12. The van der Waals surface area contributed by atoms with Gasteiger partial charge in [-0.05, 0) is 132 Å². The minimum Gasteiger partial charge on any atom is -0.381 e. The summed E-state index contributed by atoms with van der Waals surface area (Å²) < 4.78 is 55.1. The second-order valence-corrected chi connectivity index (χ2v) is 35.1. The second kappa shape index (κ2) is 38.3. The van der Waals surface area contributed by atoms with E-state index in [0.717, 1.165) is 57.8 Å². The van der Waals surface area contributed by atoms with Crippen LogP contribution in [-0.4, -0.2) is 295 Å². The molecule has 26 nitrogen and oxygen atoms in total. The molecule has 0 aromatic rings. The third kappa shape index (κ3) is 21.1. The van der Waals surface area contributed by atoms with E-state index in [4.69, 9.17) is 9.47 Å². The molecule has 110 heavy (non-hydrogen) atoms. The Balaban J connectivity index is 1.27. The number of nitrogens with one attached hydrogen (secondary N) is 2. The molecule has 7 aliphatic heterocycles. The Morgan fingerprint density at radius 2 is 1.23 bits per heavy atom. The van der Waals surface area contributed by atoms with E-state index in [1.54, 1.807) is 13.0 Å². The van der Waals surface area contributed by atoms with Crippen LogP contribution < -0.4 is 10.6 Å².